The Morgan fingerprint density at radius 1 is 0.867 bits per heavy atom. The first-order valence-electron chi connectivity index (χ1n) is 21.5. The molecule has 0 bridgehead atoms. The zero-order chi connectivity index (χ0) is 43.8. The van der Waals surface area contributed by atoms with Gasteiger partial charge < -0.3 is 45.3 Å². The molecular weight excluding hydrogens is 791 g/mol. The van der Waals surface area contributed by atoms with E-state index >= 15 is 0 Å². The van der Waals surface area contributed by atoms with Crippen molar-refractivity contribution in [3.05, 3.63) is 41.0 Å². The summed E-state index contributed by atoms with van der Waals surface area (Å²) in [4.78, 5) is 71.7. The van der Waals surface area contributed by atoms with E-state index in [1.807, 2.05) is 57.5 Å². The Morgan fingerprint density at radius 2 is 1.45 bits per heavy atom. The average molecular weight is 860 g/mol. The minimum Gasteiger partial charge on any atom is -0.481 e. The predicted octanol–water partition coefficient (Wildman–Crippen LogP) is 5.55. The number of hydrogen-bond donors (Lipinski definition) is 4. The maximum Gasteiger partial charge on any atom is 0.306 e. The van der Waals surface area contributed by atoms with Gasteiger partial charge in [-0.2, -0.15) is 0 Å². The van der Waals surface area contributed by atoms with Crippen LogP contribution in [0.5, 0.6) is 0 Å². The van der Waals surface area contributed by atoms with Crippen molar-refractivity contribution in [2.45, 2.75) is 136 Å². The molecule has 1 aliphatic heterocycles. The number of carboxylic acid groups (broad SMARTS) is 1. The van der Waals surface area contributed by atoms with Crippen molar-refractivity contribution in [2.24, 2.45) is 11.1 Å². The zero-order valence-corrected chi connectivity index (χ0v) is 37.0. The fourth-order valence-electron chi connectivity index (χ4n) is 6.94. The van der Waals surface area contributed by atoms with Crippen LogP contribution in [0.15, 0.2) is 29.8 Å². The minimum atomic E-state index is -0.992. The summed E-state index contributed by atoms with van der Waals surface area (Å²) in [6.07, 6.45) is 9.67. The number of likely N-dealkylation sites (tertiary alicyclic amines) is 1. The highest BCUT2D eigenvalue weighted by Crippen LogP contribution is 2.29. The number of nitrogens with one attached hydrogen (secondary N) is 2. The van der Waals surface area contributed by atoms with Crippen LogP contribution in [-0.4, -0.2) is 116 Å². The number of carbonyl (C=O) groups is 5. The van der Waals surface area contributed by atoms with Crippen LogP contribution in [0, 0.1) is 12.3 Å². The molecule has 60 heavy (non-hydrogen) atoms. The number of aliphatic carboxylic acids is 1. The number of esters is 1. The van der Waals surface area contributed by atoms with Crippen LogP contribution in [0.25, 0.3) is 10.4 Å². The zero-order valence-electron chi connectivity index (χ0n) is 36.2. The molecule has 336 valence electrons. The number of ether oxygens (including phenoxy) is 4. The molecule has 1 aliphatic rings. The van der Waals surface area contributed by atoms with Crippen LogP contribution in [0.3, 0.4) is 0 Å². The average Bonchev–Trinajstić information content (AvgIpc) is 3.84. The first-order valence-corrected chi connectivity index (χ1v) is 22.4. The lowest BCUT2D eigenvalue weighted by atomic mass is 9.85. The van der Waals surface area contributed by atoms with Crippen molar-refractivity contribution < 1.29 is 48.0 Å². The number of aryl methyl sites for hydroxylation is 1. The van der Waals surface area contributed by atoms with Gasteiger partial charge in [-0.3, -0.25) is 24.0 Å². The summed E-state index contributed by atoms with van der Waals surface area (Å²) in [7, 11) is 0. The van der Waals surface area contributed by atoms with Gasteiger partial charge in [0.05, 0.1) is 55.7 Å². The van der Waals surface area contributed by atoms with E-state index in [0.717, 1.165) is 79.5 Å². The smallest absolute Gasteiger partial charge is 0.306 e. The standard InChI is InChI=1S/C44H69N5O10S/c1-32-40(60-31-47-32)34-19-17-33(18-20-34)28-46-42(54)36-27-35(59-39(53)16-14-12-10-8-6-5-7-9-11-13-15-38(51)52)29-49(36)43(55)41(44(2,3)4)48-37(50)30-58-26-25-57-24-23-56-22-21-45/h17-20,31,35-36,41H,5-16,21-30,45H2,1-4H3,(H,46,54)(H,48,50)(H,51,52)/t35-,36+,41-/m1/s1. The van der Waals surface area contributed by atoms with Crippen molar-refractivity contribution in [3.63, 3.8) is 0 Å². The van der Waals surface area contributed by atoms with Gasteiger partial charge in [-0.05, 0) is 36.3 Å². The van der Waals surface area contributed by atoms with Crippen LogP contribution in [0.2, 0.25) is 0 Å². The Bertz CT molecular complexity index is 1600. The molecule has 1 aromatic heterocycles. The van der Waals surface area contributed by atoms with Gasteiger partial charge in [-0.15, -0.1) is 11.3 Å². The molecule has 15 nitrogen and oxygen atoms in total. The number of aromatic nitrogens is 1. The van der Waals surface area contributed by atoms with Crippen molar-refractivity contribution in [2.75, 3.05) is 52.7 Å². The van der Waals surface area contributed by atoms with Gasteiger partial charge >= 0.3 is 11.9 Å². The number of nitrogens with two attached hydrogens (primary N) is 1. The highest BCUT2D eigenvalue weighted by molar-refractivity contribution is 7.13. The summed E-state index contributed by atoms with van der Waals surface area (Å²) in [5.41, 5.74) is 9.36. The summed E-state index contributed by atoms with van der Waals surface area (Å²) in [5.74, 6) is -2.41. The maximum atomic E-state index is 14.3. The SMILES string of the molecule is Cc1ncsc1-c1ccc(CNC(=O)[C@@H]2C[C@@H](OC(=O)CCCCCCCCCCCCC(=O)O)CN2C(=O)[C@@H](NC(=O)COCCOCCOCCN)C(C)(C)C)cc1. The van der Waals surface area contributed by atoms with Gasteiger partial charge in [0.25, 0.3) is 0 Å². The Kier molecular flexibility index (Phi) is 23.3. The summed E-state index contributed by atoms with van der Waals surface area (Å²) >= 11 is 1.57. The fourth-order valence-corrected chi connectivity index (χ4v) is 7.76. The molecule has 1 saturated heterocycles. The topological polar surface area (TPSA) is 209 Å². The number of unbranched alkanes of at least 4 members (excludes halogenated alkanes) is 9. The molecule has 0 saturated carbocycles. The normalized spacial score (nSPS) is 15.8. The largest absolute Gasteiger partial charge is 0.481 e. The van der Waals surface area contributed by atoms with Gasteiger partial charge in [-0.25, -0.2) is 4.98 Å². The second-order valence-corrected chi connectivity index (χ2v) is 17.3. The molecule has 2 aromatic rings. The highest BCUT2D eigenvalue weighted by atomic mass is 32.1. The Hall–Kier alpha value is -3.96. The van der Waals surface area contributed by atoms with E-state index in [2.05, 4.69) is 15.6 Å². The second kappa shape index (κ2) is 27.8. The number of amides is 3. The van der Waals surface area contributed by atoms with Gasteiger partial charge in [0.2, 0.25) is 17.7 Å². The third-order valence-electron chi connectivity index (χ3n) is 10.3. The Labute approximate surface area is 359 Å². The molecule has 0 radical (unpaired) electrons. The van der Waals surface area contributed by atoms with E-state index in [4.69, 9.17) is 29.8 Å². The number of nitrogens with zero attached hydrogens (tertiary/aromatic N) is 2. The van der Waals surface area contributed by atoms with Gasteiger partial charge in [-0.1, -0.05) is 96.4 Å². The van der Waals surface area contributed by atoms with Crippen LogP contribution in [0.4, 0.5) is 0 Å². The monoisotopic (exact) mass is 859 g/mol. The quantitative estimate of drug-likeness (QED) is 0.0563. The number of thiazole rings is 1. The van der Waals surface area contributed by atoms with E-state index in [-0.39, 0.29) is 64.0 Å². The van der Waals surface area contributed by atoms with E-state index in [9.17, 15) is 24.0 Å². The van der Waals surface area contributed by atoms with Crippen molar-refractivity contribution >= 4 is 41.0 Å². The van der Waals surface area contributed by atoms with Gasteiger partial charge in [0, 0.05) is 32.4 Å². The van der Waals surface area contributed by atoms with Crippen molar-refractivity contribution in [3.8, 4) is 10.4 Å². The summed E-state index contributed by atoms with van der Waals surface area (Å²) in [6.45, 7) is 9.55. The molecule has 5 N–H and O–H groups in total. The molecule has 0 unspecified atom stereocenters. The third-order valence-corrected chi connectivity index (χ3v) is 11.2. The number of carboxylic acids is 1. The molecule has 1 fully saturated rings. The number of carbonyl (C=O) groups excluding carboxylic acids is 4. The van der Waals surface area contributed by atoms with Crippen LogP contribution in [-0.2, 0) is 49.5 Å². The summed E-state index contributed by atoms with van der Waals surface area (Å²) < 4.78 is 22.1. The molecule has 3 atom stereocenters. The molecule has 3 amide bonds. The fraction of sp³-hybridized carbons (Fsp3) is 0.682. The minimum absolute atomic E-state index is 0.0210. The van der Waals surface area contributed by atoms with Crippen LogP contribution in [0.1, 0.15) is 115 Å². The lowest BCUT2D eigenvalue weighted by Gasteiger charge is -2.35. The molecule has 3 rings (SSSR count). The van der Waals surface area contributed by atoms with Gasteiger partial charge in [0.15, 0.2) is 0 Å². The second-order valence-electron chi connectivity index (χ2n) is 16.4. The maximum absolute atomic E-state index is 14.3. The van der Waals surface area contributed by atoms with E-state index in [1.54, 1.807) is 11.3 Å². The lowest BCUT2D eigenvalue weighted by molar-refractivity contribution is -0.150. The van der Waals surface area contributed by atoms with Crippen LogP contribution < -0.4 is 16.4 Å². The number of rotatable bonds is 30. The first-order chi connectivity index (χ1) is 28.8. The lowest BCUT2D eigenvalue weighted by Crippen LogP contribution is -2.58. The van der Waals surface area contributed by atoms with E-state index < -0.39 is 41.4 Å². The molecule has 16 heteroatoms. The van der Waals surface area contributed by atoms with E-state index in [0.29, 0.717) is 32.8 Å². The predicted molar refractivity (Wildman–Crippen MR) is 230 cm³/mol. The highest BCUT2D eigenvalue weighted by Gasteiger charge is 2.46. The Balaban J connectivity index is 1.55. The van der Waals surface area contributed by atoms with Crippen LogP contribution >= 0.6 is 11.3 Å². The molecular formula is C44H69N5O10S. The summed E-state index contributed by atoms with van der Waals surface area (Å²) in [5, 5.41) is 14.6. The van der Waals surface area contributed by atoms with E-state index in [1.165, 1.54) is 4.90 Å². The summed E-state index contributed by atoms with van der Waals surface area (Å²) in [6, 6.07) is 5.96. The molecule has 1 aromatic carbocycles. The number of benzene rings is 1. The molecule has 2 heterocycles. The van der Waals surface area contributed by atoms with Gasteiger partial charge in [0.1, 0.15) is 24.8 Å². The Morgan fingerprint density at radius 3 is 2.02 bits per heavy atom. The first kappa shape index (κ1) is 50.4. The third kappa shape index (κ3) is 19.2. The van der Waals surface area contributed by atoms with Crippen molar-refractivity contribution in [1.29, 1.82) is 0 Å². The number of hydrogen-bond acceptors (Lipinski definition) is 12. The molecule has 0 aliphatic carbocycles. The van der Waals surface area contributed by atoms with Crippen molar-refractivity contribution in [1.82, 2.24) is 20.5 Å². The molecule has 0 spiro atoms.